The summed E-state index contributed by atoms with van der Waals surface area (Å²) in [6.45, 7) is 1.61. The lowest BCUT2D eigenvalue weighted by Crippen LogP contribution is -2.48. The molecule has 0 bridgehead atoms. The van der Waals surface area contributed by atoms with Gasteiger partial charge >= 0.3 is 6.03 Å². The fourth-order valence-electron chi connectivity index (χ4n) is 3.79. The number of urea groups is 1. The van der Waals surface area contributed by atoms with E-state index in [2.05, 4.69) is 20.7 Å². The number of nitrogens with one attached hydrogen (secondary N) is 2. The number of hydrogen-bond acceptors (Lipinski definition) is 7. The van der Waals surface area contributed by atoms with Crippen molar-refractivity contribution in [2.24, 2.45) is 0 Å². The number of aromatic nitrogens is 2. The number of benzene rings is 2. The summed E-state index contributed by atoms with van der Waals surface area (Å²) < 4.78 is 0. The number of nitrogens with zero attached hydrogens (tertiary/aromatic N) is 3. The number of rotatable bonds is 6. The first-order valence-electron chi connectivity index (χ1n) is 10.4. The molecule has 3 heterocycles. The average molecular weight is 490 g/mol. The molecule has 2 aromatic heterocycles. The van der Waals surface area contributed by atoms with Gasteiger partial charge in [0, 0.05) is 10.9 Å². The molecule has 34 heavy (non-hydrogen) atoms. The van der Waals surface area contributed by atoms with Crippen LogP contribution in [0, 0.1) is 0 Å². The summed E-state index contributed by atoms with van der Waals surface area (Å²) in [7, 11) is 0. The molecule has 0 radical (unpaired) electrons. The summed E-state index contributed by atoms with van der Waals surface area (Å²) in [6.07, 6.45) is 1.47. The van der Waals surface area contributed by atoms with Crippen molar-refractivity contribution in [3.8, 4) is 11.1 Å². The van der Waals surface area contributed by atoms with E-state index in [0.717, 1.165) is 26.4 Å². The van der Waals surface area contributed by atoms with Crippen molar-refractivity contribution in [3.63, 3.8) is 0 Å². The van der Waals surface area contributed by atoms with Gasteiger partial charge in [0.05, 0.1) is 11.1 Å². The molecule has 0 aliphatic carbocycles. The molecule has 1 fully saturated rings. The Bertz CT molecular complexity index is 1390. The first-order valence-corrected chi connectivity index (χ1v) is 12.3. The quantitative estimate of drug-likeness (QED) is 0.241. The third kappa shape index (κ3) is 3.91. The van der Waals surface area contributed by atoms with Crippen molar-refractivity contribution in [3.05, 3.63) is 77.9 Å². The minimum Gasteiger partial charge on any atom is -0.318 e. The van der Waals surface area contributed by atoms with Gasteiger partial charge in [-0.1, -0.05) is 72.4 Å². The smallest absolute Gasteiger partial charge is 0.318 e. The zero-order valence-electron chi connectivity index (χ0n) is 18.0. The molecule has 1 aliphatic rings. The Balaban J connectivity index is 1.32. The first-order chi connectivity index (χ1) is 16.5. The monoisotopic (exact) mass is 489 g/mol. The number of hydrogen-bond donors (Lipinski definition) is 2. The van der Waals surface area contributed by atoms with Gasteiger partial charge in [-0.25, -0.2) is 14.8 Å². The zero-order valence-corrected chi connectivity index (χ0v) is 19.7. The second-order valence-electron chi connectivity index (χ2n) is 7.76. The van der Waals surface area contributed by atoms with Gasteiger partial charge < -0.3 is 5.32 Å². The van der Waals surface area contributed by atoms with Crippen molar-refractivity contribution in [1.29, 1.82) is 0 Å². The molecule has 1 aliphatic heterocycles. The Morgan fingerprint density at radius 3 is 2.53 bits per heavy atom. The molecule has 5 rings (SSSR count). The van der Waals surface area contributed by atoms with Crippen LogP contribution in [0.25, 0.3) is 21.3 Å². The van der Waals surface area contributed by atoms with Gasteiger partial charge in [-0.05, 0) is 18.1 Å². The second kappa shape index (κ2) is 8.88. The highest BCUT2D eigenvalue weighted by Crippen LogP contribution is 2.37. The highest BCUT2D eigenvalue weighted by atomic mass is 32.2. The Kier molecular flexibility index (Phi) is 5.76. The topological polar surface area (TPSA) is 104 Å². The molecule has 0 spiro atoms. The number of imide groups is 1. The predicted octanol–water partition coefficient (Wildman–Crippen LogP) is 3.95. The van der Waals surface area contributed by atoms with Crippen LogP contribution in [0.4, 0.5) is 4.79 Å². The van der Waals surface area contributed by atoms with Crippen LogP contribution in [0.1, 0.15) is 12.5 Å². The number of carbonyl (C=O) groups is 3. The maximum atomic E-state index is 13.0. The van der Waals surface area contributed by atoms with Crippen LogP contribution in [-0.2, 0) is 15.1 Å². The molecule has 8 nitrogen and oxygen atoms in total. The Morgan fingerprint density at radius 1 is 1.09 bits per heavy atom. The molecule has 4 aromatic rings. The Hall–Kier alpha value is -3.76. The van der Waals surface area contributed by atoms with E-state index in [-0.39, 0.29) is 5.75 Å². The summed E-state index contributed by atoms with van der Waals surface area (Å²) in [6, 6.07) is 18.1. The lowest BCUT2D eigenvalue weighted by molar-refractivity contribution is -0.138. The van der Waals surface area contributed by atoms with Crippen molar-refractivity contribution >= 4 is 51.2 Å². The summed E-state index contributed by atoms with van der Waals surface area (Å²) in [5.74, 6) is -1.07. The van der Waals surface area contributed by atoms with Crippen LogP contribution in [0.2, 0.25) is 0 Å². The normalized spacial score (nSPS) is 17.7. The third-order valence-corrected chi connectivity index (χ3v) is 7.41. The molecule has 1 saturated heterocycles. The molecule has 0 saturated carbocycles. The van der Waals surface area contributed by atoms with E-state index < -0.39 is 23.4 Å². The van der Waals surface area contributed by atoms with E-state index >= 15 is 0 Å². The second-order valence-corrected chi connectivity index (χ2v) is 9.58. The third-order valence-electron chi connectivity index (χ3n) is 5.54. The number of carbonyl (C=O) groups excluding carboxylic acids is 3. The number of thiophene rings is 1. The molecule has 2 N–H and O–H groups in total. The minimum absolute atomic E-state index is 0.0324. The highest BCUT2D eigenvalue weighted by Gasteiger charge is 2.49. The molecule has 10 heteroatoms. The van der Waals surface area contributed by atoms with Crippen LogP contribution in [0.15, 0.2) is 77.4 Å². The fourth-order valence-corrected chi connectivity index (χ4v) is 5.57. The molecule has 4 amide bonds. The van der Waals surface area contributed by atoms with E-state index in [1.54, 1.807) is 31.2 Å². The maximum absolute atomic E-state index is 13.0. The highest BCUT2D eigenvalue weighted by molar-refractivity contribution is 8.00. The van der Waals surface area contributed by atoms with Gasteiger partial charge in [-0.15, -0.1) is 11.3 Å². The van der Waals surface area contributed by atoms with Gasteiger partial charge in [0.2, 0.25) is 5.91 Å². The maximum Gasteiger partial charge on any atom is 0.344 e. The van der Waals surface area contributed by atoms with Crippen molar-refractivity contribution < 1.29 is 14.4 Å². The van der Waals surface area contributed by atoms with Gasteiger partial charge in [-0.3, -0.25) is 15.0 Å². The fraction of sp³-hybridized carbons (Fsp3) is 0.125. The Morgan fingerprint density at radius 2 is 1.79 bits per heavy atom. The lowest BCUT2D eigenvalue weighted by atomic mass is 9.92. The SMILES string of the molecule is CC1(c2ccccc2)NC(=O)N(NC(=O)CSc2ncnc3scc(-c4ccccc4)c23)C1=O. The van der Waals surface area contributed by atoms with Crippen molar-refractivity contribution in [1.82, 2.24) is 25.7 Å². The summed E-state index contributed by atoms with van der Waals surface area (Å²) in [5.41, 5.74) is 3.85. The Labute approximate surface area is 203 Å². The van der Waals surface area contributed by atoms with E-state index in [1.807, 2.05) is 41.8 Å². The van der Waals surface area contributed by atoms with Gasteiger partial charge in [0.1, 0.15) is 21.7 Å². The van der Waals surface area contributed by atoms with E-state index in [4.69, 9.17) is 0 Å². The van der Waals surface area contributed by atoms with E-state index in [9.17, 15) is 14.4 Å². The standard InChI is InChI=1S/C24H19N5O3S2/c1-24(16-10-6-3-7-11-16)22(31)29(23(32)27-24)28-18(30)13-34-21-19-17(15-8-4-2-5-9-15)12-33-20(19)25-14-26-21/h2-12,14H,13H2,1H3,(H,27,32)(H,28,30). The van der Waals surface area contributed by atoms with Crippen LogP contribution >= 0.6 is 23.1 Å². The van der Waals surface area contributed by atoms with Gasteiger partial charge in [-0.2, -0.15) is 5.01 Å². The largest absolute Gasteiger partial charge is 0.344 e. The van der Waals surface area contributed by atoms with E-state index in [0.29, 0.717) is 10.6 Å². The summed E-state index contributed by atoms with van der Waals surface area (Å²) in [5, 5.41) is 6.97. The molecular formula is C24H19N5O3S2. The first kappa shape index (κ1) is 22.1. The van der Waals surface area contributed by atoms with Crippen molar-refractivity contribution in [2.45, 2.75) is 17.5 Å². The van der Waals surface area contributed by atoms with Crippen molar-refractivity contribution in [2.75, 3.05) is 5.75 Å². The van der Waals surface area contributed by atoms with Gasteiger partial charge in [0.25, 0.3) is 5.91 Å². The summed E-state index contributed by atoms with van der Waals surface area (Å²) in [4.78, 5) is 47.7. The minimum atomic E-state index is -1.25. The van der Waals surface area contributed by atoms with Crippen LogP contribution in [0.3, 0.4) is 0 Å². The van der Waals surface area contributed by atoms with E-state index in [1.165, 1.54) is 29.4 Å². The van der Waals surface area contributed by atoms with Gasteiger partial charge in [0.15, 0.2) is 0 Å². The average Bonchev–Trinajstić information content (AvgIpc) is 3.39. The van der Waals surface area contributed by atoms with Crippen LogP contribution < -0.4 is 10.7 Å². The number of hydrazine groups is 1. The molecule has 1 atom stereocenters. The molecule has 1 unspecified atom stereocenters. The lowest BCUT2D eigenvalue weighted by Gasteiger charge is -2.22. The van der Waals surface area contributed by atoms with Crippen LogP contribution in [-0.4, -0.2) is 38.6 Å². The molecule has 170 valence electrons. The summed E-state index contributed by atoms with van der Waals surface area (Å²) >= 11 is 2.74. The predicted molar refractivity (Wildman–Crippen MR) is 131 cm³/mol. The number of thioether (sulfide) groups is 1. The number of fused-ring (bicyclic) bond motifs is 1. The molecular weight excluding hydrogens is 470 g/mol. The number of amides is 4. The molecule has 2 aromatic carbocycles. The zero-order chi connectivity index (χ0) is 23.7. The van der Waals surface area contributed by atoms with Crippen LogP contribution in [0.5, 0.6) is 0 Å².